The van der Waals surface area contributed by atoms with E-state index in [9.17, 15) is 13.2 Å². The number of carbonyl (C=O) groups excluding carboxylic acids is 1. The third-order valence-electron chi connectivity index (χ3n) is 3.88. The van der Waals surface area contributed by atoms with Crippen molar-refractivity contribution in [3.05, 3.63) is 71.3 Å². The molecule has 2 N–H and O–H groups in total. The number of sulfonamides is 1. The topological polar surface area (TPSA) is 87.6 Å². The van der Waals surface area contributed by atoms with E-state index < -0.39 is 15.3 Å². The third kappa shape index (κ3) is 4.06. The number of allylic oxidation sites excluding steroid dienone is 2. The lowest BCUT2D eigenvalue weighted by atomic mass is 10.1. The van der Waals surface area contributed by atoms with E-state index in [0.717, 1.165) is 11.1 Å². The van der Waals surface area contributed by atoms with E-state index in [0.29, 0.717) is 17.9 Å². The minimum absolute atomic E-state index is 0.178. The summed E-state index contributed by atoms with van der Waals surface area (Å²) in [5.41, 5.74) is 2.40. The molecule has 25 heavy (non-hydrogen) atoms. The summed E-state index contributed by atoms with van der Waals surface area (Å²) >= 11 is 0. The van der Waals surface area contributed by atoms with Crippen molar-refractivity contribution in [3.63, 3.8) is 0 Å². The Morgan fingerprint density at radius 1 is 1.24 bits per heavy atom. The molecule has 1 unspecified atom stereocenters. The maximum Gasteiger partial charge on any atom is 0.251 e. The van der Waals surface area contributed by atoms with E-state index in [1.165, 1.54) is 0 Å². The summed E-state index contributed by atoms with van der Waals surface area (Å²) in [7, 11) is -3.50. The minimum atomic E-state index is -3.50. The van der Waals surface area contributed by atoms with Gasteiger partial charge in [-0.05, 0) is 25.1 Å². The van der Waals surface area contributed by atoms with Gasteiger partial charge in [0.05, 0.1) is 6.54 Å². The summed E-state index contributed by atoms with van der Waals surface area (Å²) in [6.45, 7) is 2.55. The molecule has 0 saturated heterocycles. The van der Waals surface area contributed by atoms with Crippen molar-refractivity contribution in [3.8, 4) is 0 Å². The van der Waals surface area contributed by atoms with Gasteiger partial charge < -0.3 is 5.32 Å². The molecule has 1 atom stereocenters. The zero-order valence-corrected chi connectivity index (χ0v) is 14.6. The number of fused-ring (bicyclic) bond motifs is 1. The molecule has 1 amide bonds. The van der Waals surface area contributed by atoms with Crippen LogP contribution in [0.1, 0.15) is 15.9 Å². The molecule has 3 rings (SSSR count). The molecule has 1 aliphatic carbocycles. The van der Waals surface area contributed by atoms with Crippen LogP contribution in [0, 0.1) is 6.92 Å². The second-order valence-corrected chi connectivity index (χ2v) is 7.67. The first-order valence-corrected chi connectivity index (χ1v) is 9.48. The van der Waals surface area contributed by atoms with Gasteiger partial charge in [-0.1, -0.05) is 42.0 Å². The van der Waals surface area contributed by atoms with Crippen LogP contribution in [-0.2, 0) is 10.0 Å². The van der Waals surface area contributed by atoms with Crippen LogP contribution in [0.15, 0.2) is 65.2 Å². The zero-order valence-electron chi connectivity index (χ0n) is 13.8. The average molecular weight is 357 g/mol. The molecular formula is C18H19N3O3S. The van der Waals surface area contributed by atoms with Crippen molar-refractivity contribution < 1.29 is 13.2 Å². The fraction of sp³-hybridized carbons (Fsp3) is 0.222. The van der Waals surface area contributed by atoms with Crippen LogP contribution in [0.25, 0.3) is 0 Å². The number of aryl methyl sites for hydroxylation is 1. The molecule has 2 bridgehead atoms. The number of carbonyl (C=O) groups is 1. The SMILES string of the molecule is Cc1ccc(C(=O)NCCN=C2NS(=O)(=O)C3C=CC=CC2=C3)cc1. The number of rotatable bonds is 4. The first kappa shape index (κ1) is 17.2. The number of hydrogen-bond acceptors (Lipinski definition) is 4. The number of amides is 1. The molecule has 0 saturated carbocycles. The molecule has 0 aromatic heterocycles. The Morgan fingerprint density at radius 2 is 2.00 bits per heavy atom. The number of hydrogen-bond donors (Lipinski definition) is 2. The van der Waals surface area contributed by atoms with E-state index in [1.54, 1.807) is 36.4 Å². The van der Waals surface area contributed by atoms with Crippen LogP contribution in [0.4, 0.5) is 0 Å². The predicted molar refractivity (Wildman–Crippen MR) is 98.0 cm³/mol. The van der Waals surface area contributed by atoms with Gasteiger partial charge >= 0.3 is 0 Å². The molecule has 6 nitrogen and oxygen atoms in total. The smallest absolute Gasteiger partial charge is 0.251 e. The summed E-state index contributed by atoms with van der Waals surface area (Å²) in [6.07, 6.45) is 8.57. The van der Waals surface area contributed by atoms with Crippen molar-refractivity contribution in [2.24, 2.45) is 4.99 Å². The fourth-order valence-electron chi connectivity index (χ4n) is 2.50. The largest absolute Gasteiger partial charge is 0.350 e. The highest BCUT2D eigenvalue weighted by Crippen LogP contribution is 2.18. The highest BCUT2D eigenvalue weighted by Gasteiger charge is 2.29. The molecule has 1 heterocycles. The Balaban J connectivity index is 1.61. The molecule has 130 valence electrons. The molecule has 0 fully saturated rings. The fourth-order valence-corrected chi connectivity index (χ4v) is 3.71. The Hall–Kier alpha value is -2.67. The number of nitrogens with one attached hydrogen (secondary N) is 2. The van der Waals surface area contributed by atoms with Gasteiger partial charge in [-0.25, -0.2) is 8.42 Å². The quantitative estimate of drug-likeness (QED) is 0.800. The van der Waals surface area contributed by atoms with Crippen LogP contribution < -0.4 is 10.0 Å². The Morgan fingerprint density at radius 3 is 2.76 bits per heavy atom. The van der Waals surface area contributed by atoms with E-state index in [1.807, 2.05) is 25.1 Å². The predicted octanol–water partition coefficient (Wildman–Crippen LogP) is 1.48. The van der Waals surface area contributed by atoms with Gasteiger partial charge in [0.25, 0.3) is 5.91 Å². The van der Waals surface area contributed by atoms with Gasteiger partial charge in [-0.15, -0.1) is 0 Å². The second kappa shape index (κ2) is 7.06. The summed E-state index contributed by atoms with van der Waals surface area (Å²) in [5, 5.41) is 2.09. The molecule has 1 aromatic carbocycles. The molecular weight excluding hydrogens is 338 g/mol. The second-order valence-electron chi connectivity index (χ2n) is 5.83. The molecule has 0 spiro atoms. The Labute approximate surface area is 147 Å². The number of benzene rings is 1. The highest BCUT2D eigenvalue weighted by atomic mass is 32.2. The van der Waals surface area contributed by atoms with E-state index in [2.05, 4.69) is 15.0 Å². The van der Waals surface area contributed by atoms with E-state index >= 15 is 0 Å². The average Bonchev–Trinajstić information content (AvgIpc) is 2.81. The normalized spacial score (nSPS) is 22.0. The molecule has 0 radical (unpaired) electrons. The third-order valence-corrected chi connectivity index (χ3v) is 5.37. The first-order valence-electron chi connectivity index (χ1n) is 7.94. The standard InChI is InChI=1S/C18H19N3O3S/c1-13-6-8-14(9-7-13)18(22)20-11-10-19-17-15-4-2-3-5-16(12-15)25(23,24)21-17/h2-9,12,16H,10-11H2,1H3,(H,19,21)(H,20,22). The monoisotopic (exact) mass is 357 g/mol. The summed E-state index contributed by atoms with van der Waals surface area (Å²) in [4.78, 5) is 16.3. The van der Waals surface area contributed by atoms with Crippen molar-refractivity contribution in [1.82, 2.24) is 10.0 Å². The lowest BCUT2D eigenvalue weighted by Gasteiger charge is -2.20. The summed E-state index contributed by atoms with van der Waals surface area (Å²) < 4.78 is 26.7. The Bertz CT molecular complexity index is 894. The maximum atomic E-state index is 12.1. The van der Waals surface area contributed by atoms with Crippen LogP contribution >= 0.6 is 0 Å². The number of amidine groups is 1. The van der Waals surface area contributed by atoms with Gasteiger partial charge in [-0.2, -0.15) is 0 Å². The molecule has 7 heteroatoms. The van der Waals surface area contributed by atoms with Crippen molar-refractivity contribution in [1.29, 1.82) is 0 Å². The van der Waals surface area contributed by atoms with Gasteiger partial charge in [0.2, 0.25) is 10.0 Å². The lowest BCUT2D eigenvalue weighted by Crippen LogP contribution is -2.42. The lowest BCUT2D eigenvalue weighted by molar-refractivity contribution is 0.0955. The van der Waals surface area contributed by atoms with Gasteiger partial charge in [-0.3, -0.25) is 14.5 Å². The number of aliphatic imine (C=N–C) groups is 1. The van der Waals surface area contributed by atoms with Gasteiger partial charge in [0, 0.05) is 17.7 Å². The van der Waals surface area contributed by atoms with Crippen molar-refractivity contribution >= 4 is 21.8 Å². The van der Waals surface area contributed by atoms with Crippen LogP contribution in [0.2, 0.25) is 0 Å². The summed E-state index contributed by atoms with van der Waals surface area (Å²) in [5.74, 6) is 0.128. The molecule has 2 aliphatic rings. The van der Waals surface area contributed by atoms with Crippen molar-refractivity contribution in [2.45, 2.75) is 12.2 Å². The summed E-state index contributed by atoms with van der Waals surface area (Å²) in [6, 6.07) is 7.28. The molecule has 1 aromatic rings. The maximum absolute atomic E-state index is 12.1. The minimum Gasteiger partial charge on any atom is -0.350 e. The van der Waals surface area contributed by atoms with Crippen molar-refractivity contribution in [2.75, 3.05) is 13.1 Å². The van der Waals surface area contributed by atoms with E-state index in [4.69, 9.17) is 0 Å². The van der Waals surface area contributed by atoms with Crippen LogP contribution in [0.3, 0.4) is 0 Å². The highest BCUT2D eigenvalue weighted by molar-refractivity contribution is 7.91. The molecule has 1 aliphatic heterocycles. The number of nitrogens with zero attached hydrogens (tertiary/aromatic N) is 1. The van der Waals surface area contributed by atoms with Crippen LogP contribution in [0.5, 0.6) is 0 Å². The van der Waals surface area contributed by atoms with Gasteiger partial charge in [0.1, 0.15) is 11.1 Å². The van der Waals surface area contributed by atoms with Crippen LogP contribution in [-0.4, -0.2) is 38.5 Å². The Kier molecular flexibility index (Phi) is 4.85. The van der Waals surface area contributed by atoms with Gasteiger partial charge in [0.15, 0.2) is 0 Å². The first-order chi connectivity index (χ1) is 12.0. The van der Waals surface area contributed by atoms with E-state index in [-0.39, 0.29) is 12.5 Å². The zero-order chi connectivity index (χ0) is 17.9.